The van der Waals surface area contributed by atoms with Gasteiger partial charge in [0.05, 0.1) is 6.61 Å². The van der Waals surface area contributed by atoms with Gasteiger partial charge in [0.25, 0.3) is 0 Å². The van der Waals surface area contributed by atoms with E-state index in [1.54, 1.807) is 7.11 Å². The largest absolute Gasteiger partial charge is 0.383 e. The number of hydrogen-bond acceptors (Lipinski definition) is 3. The molecule has 1 heterocycles. The normalized spacial score (nSPS) is 14.4. The van der Waals surface area contributed by atoms with E-state index in [1.807, 2.05) is 0 Å². The Morgan fingerprint density at radius 1 is 1.35 bits per heavy atom. The monoisotopic (exact) mass is 318 g/mol. The lowest BCUT2D eigenvalue weighted by molar-refractivity contribution is 0.161. The molecule has 0 spiro atoms. The zero-order valence-electron chi connectivity index (χ0n) is 14.7. The van der Waals surface area contributed by atoms with Gasteiger partial charge in [-0.2, -0.15) is 0 Å². The van der Waals surface area contributed by atoms with Gasteiger partial charge in [-0.15, -0.1) is 0 Å². The Morgan fingerprint density at radius 2 is 2.17 bits per heavy atom. The summed E-state index contributed by atoms with van der Waals surface area (Å²) >= 11 is 0. The zero-order chi connectivity index (χ0) is 16.5. The van der Waals surface area contributed by atoms with Gasteiger partial charge in [-0.1, -0.05) is 18.2 Å². The van der Waals surface area contributed by atoms with Crippen LogP contribution in [0.3, 0.4) is 0 Å². The molecule has 0 aliphatic carbocycles. The van der Waals surface area contributed by atoms with Crippen LogP contribution in [0.25, 0.3) is 0 Å². The molecule has 1 aromatic carbocycles. The van der Waals surface area contributed by atoms with Gasteiger partial charge in [-0.25, -0.2) is 0 Å². The summed E-state index contributed by atoms with van der Waals surface area (Å²) in [5, 5.41) is 3.43. The predicted molar refractivity (Wildman–Crippen MR) is 97.5 cm³/mol. The van der Waals surface area contributed by atoms with Crippen LogP contribution in [0.4, 0.5) is 5.69 Å². The first-order valence-electron chi connectivity index (χ1n) is 8.57. The molecule has 0 fully saturated rings. The number of hydrogen-bond donors (Lipinski definition) is 1. The van der Waals surface area contributed by atoms with Crippen molar-refractivity contribution in [2.75, 3.05) is 58.4 Å². The van der Waals surface area contributed by atoms with Gasteiger partial charge in [-0.05, 0) is 45.0 Å². The second kappa shape index (κ2) is 9.53. The third-order valence-electron chi connectivity index (χ3n) is 4.11. The lowest BCUT2D eigenvalue weighted by atomic mass is 10.2. The first-order chi connectivity index (χ1) is 11.3. The third-order valence-corrected chi connectivity index (χ3v) is 4.11. The summed E-state index contributed by atoms with van der Waals surface area (Å²) in [7, 11) is 3.87. The first kappa shape index (κ1) is 17.8. The summed E-state index contributed by atoms with van der Waals surface area (Å²) in [6.07, 6.45) is 2.16. The highest BCUT2D eigenvalue weighted by atomic mass is 16.5. The van der Waals surface area contributed by atoms with Crippen LogP contribution in [-0.2, 0) is 11.2 Å². The number of methoxy groups -OCH3 is 1. The summed E-state index contributed by atoms with van der Waals surface area (Å²) in [4.78, 5) is 9.42. The molecule has 0 saturated carbocycles. The molecule has 1 aliphatic rings. The van der Waals surface area contributed by atoms with Crippen LogP contribution in [0.5, 0.6) is 0 Å². The number of guanidine groups is 1. The van der Waals surface area contributed by atoms with E-state index in [2.05, 4.69) is 53.4 Å². The highest BCUT2D eigenvalue weighted by molar-refractivity contribution is 5.97. The zero-order valence-corrected chi connectivity index (χ0v) is 14.7. The van der Waals surface area contributed by atoms with Crippen molar-refractivity contribution in [1.29, 1.82) is 0 Å². The highest BCUT2D eigenvalue weighted by Gasteiger charge is 2.22. The molecule has 0 amide bonds. The van der Waals surface area contributed by atoms with Crippen molar-refractivity contribution in [3.8, 4) is 0 Å². The number of para-hydroxylation sites is 1. The summed E-state index contributed by atoms with van der Waals surface area (Å²) in [5.41, 5.74) is 2.71. The number of benzene rings is 1. The van der Waals surface area contributed by atoms with Gasteiger partial charge < -0.3 is 19.9 Å². The van der Waals surface area contributed by atoms with Gasteiger partial charge in [0.1, 0.15) is 0 Å². The minimum absolute atomic E-state index is 0.785. The maximum Gasteiger partial charge on any atom is 0.198 e. The fourth-order valence-corrected chi connectivity index (χ4v) is 2.84. The van der Waals surface area contributed by atoms with E-state index in [9.17, 15) is 0 Å². The smallest absolute Gasteiger partial charge is 0.198 e. The Morgan fingerprint density at radius 3 is 2.96 bits per heavy atom. The molecular weight excluding hydrogens is 288 g/mol. The summed E-state index contributed by atoms with van der Waals surface area (Å²) in [6.45, 7) is 7.67. The van der Waals surface area contributed by atoms with Gasteiger partial charge in [0.15, 0.2) is 5.96 Å². The SMILES string of the molecule is CCNC(=NCCCN(C)CCOC)N1CCc2ccccc21. The predicted octanol–water partition coefficient (Wildman–Crippen LogP) is 1.98. The molecule has 1 aliphatic heterocycles. The van der Waals surface area contributed by atoms with Crippen LogP contribution in [0, 0.1) is 0 Å². The Balaban J connectivity index is 1.89. The van der Waals surface area contributed by atoms with Crippen molar-refractivity contribution < 1.29 is 4.74 Å². The van der Waals surface area contributed by atoms with Crippen molar-refractivity contribution in [3.63, 3.8) is 0 Å². The Labute approximate surface area is 140 Å². The van der Waals surface area contributed by atoms with Crippen LogP contribution in [-0.4, -0.2) is 64.3 Å². The number of nitrogens with one attached hydrogen (secondary N) is 1. The van der Waals surface area contributed by atoms with Crippen LogP contribution >= 0.6 is 0 Å². The maximum atomic E-state index is 5.10. The number of rotatable bonds is 8. The summed E-state index contributed by atoms with van der Waals surface area (Å²) < 4.78 is 5.10. The van der Waals surface area contributed by atoms with Crippen molar-refractivity contribution in [1.82, 2.24) is 10.2 Å². The van der Waals surface area contributed by atoms with E-state index < -0.39 is 0 Å². The Kier molecular flexibility index (Phi) is 7.36. The van der Waals surface area contributed by atoms with Crippen LogP contribution in [0.1, 0.15) is 18.9 Å². The van der Waals surface area contributed by atoms with E-state index in [-0.39, 0.29) is 0 Å². The lowest BCUT2D eigenvalue weighted by Gasteiger charge is -2.22. The van der Waals surface area contributed by atoms with Crippen LogP contribution in [0.2, 0.25) is 0 Å². The molecular formula is C18H30N4O. The highest BCUT2D eigenvalue weighted by Crippen LogP contribution is 2.27. The Hall–Kier alpha value is -1.59. The number of likely N-dealkylation sites (N-methyl/N-ethyl adjacent to an activating group) is 1. The van der Waals surface area contributed by atoms with Gasteiger partial charge in [0, 0.05) is 39.0 Å². The molecule has 0 aromatic heterocycles. The van der Waals surface area contributed by atoms with Crippen molar-refractivity contribution in [2.45, 2.75) is 19.8 Å². The number of aliphatic imine (C=N–C) groups is 1. The van der Waals surface area contributed by atoms with Gasteiger partial charge in [-0.3, -0.25) is 4.99 Å². The molecule has 1 aromatic rings. The van der Waals surface area contributed by atoms with Crippen molar-refractivity contribution in [3.05, 3.63) is 29.8 Å². The average Bonchev–Trinajstić information content (AvgIpc) is 2.99. The Bertz CT molecular complexity index is 504. The molecule has 23 heavy (non-hydrogen) atoms. The minimum Gasteiger partial charge on any atom is -0.383 e. The fourth-order valence-electron chi connectivity index (χ4n) is 2.84. The van der Waals surface area contributed by atoms with E-state index in [1.165, 1.54) is 11.3 Å². The van der Waals surface area contributed by atoms with Crippen molar-refractivity contribution in [2.24, 2.45) is 4.99 Å². The van der Waals surface area contributed by atoms with Gasteiger partial charge >= 0.3 is 0 Å². The summed E-state index contributed by atoms with van der Waals surface area (Å²) in [5.74, 6) is 1.01. The van der Waals surface area contributed by atoms with Crippen molar-refractivity contribution >= 4 is 11.6 Å². The van der Waals surface area contributed by atoms with Gasteiger partial charge in [0.2, 0.25) is 0 Å². The molecule has 2 rings (SSSR count). The van der Waals surface area contributed by atoms with Crippen LogP contribution < -0.4 is 10.2 Å². The van der Waals surface area contributed by atoms with E-state index >= 15 is 0 Å². The molecule has 0 saturated heterocycles. The second-order valence-corrected chi connectivity index (χ2v) is 5.92. The van der Waals surface area contributed by atoms with E-state index in [0.29, 0.717) is 0 Å². The quantitative estimate of drug-likeness (QED) is 0.452. The van der Waals surface area contributed by atoms with Crippen LogP contribution in [0.15, 0.2) is 29.3 Å². The molecule has 0 bridgehead atoms. The molecule has 0 atom stereocenters. The molecule has 5 heteroatoms. The molecule has 0 unspecified atom stereocenters. The molecule has 5 nitrogen and oxygen atoms in total. The lowest BCUT2D eigenvalue weighted by Crippen LogP contribution is -2.40. The second-order valence-electron chi connectivity index (χ2n) is 5.92. The standard InChI is InChI=1S/C18H30N4O/c1-4-19-18(20-11-7-12-21(2)14-15-23-3)22-13-10-16-8-5-6-9-17(16)22/h5-6,8-9H,4,7,10-15H2,1-3H3,(H,19,20). The number of fused-ring (bicyclic) bond motifs is 1. The fraction of sp³-hybridized carbons (Fsp3) is 0.611. The average molecular weight is 318 g/mol. The number of ether oxygens (including phenoxy) is 1. The summed E-state index contributed by atoms with van der Waals surface area (Å²) in [6, 6.07) is 8.62. The topological polar surface area (TPSA) is 40.1 Å². The minimum atomic E-state index is 0.785. The first-order valence-corrected chi connectivity index (χ1v) is 8.57. The maximum absolute atomic E-state index is 5.10. The number of nitrogens with zero attached hydrogens (tertiary/aromatic N) is 3. The number of anilines is 1. The van der Waals surface area contributed by atoms with E-state index in [4.69, 9.17) is 9.73 Å². The molecule has 128 valence electrons. The molecule has 0 radical (unpaired) electrons. The van der Waals surface area contributed by atoms with E-state index in [0.717, 1.165) is 58.1 Å². The molecule has 1 N–H and O–H groups in total. The third kappa shape index (κ3) is 5.22.